The SMILES string of the molecule is CC[C@@H]1C[C@H](n2ccnc2-c2ccc(OC)cc2C)CCN1. The van der Waals surface area contributed by atoms with E-state index in [1.54, 1.807) is 7.11 Å². The molecule has 1 aromatic heterocycles. The summed E-state index contributed by atoms with van der Waals surface area (Å²) in [6.07, 6.45) is 7.57. The zero-order chi connectivity index (χ0) is 15.5. The Hall–Kier alpha value is -1.81. The van der Waals surface area contributed by atoms with Crippen LogP contribution < -0.4 is 10.1 Å². The maximum Gasteiger partial charge on any atom is 0.140 e. The molecule has 4 nitrogen and oxygen atoms in total. The van der Waals surface area contributed by atoms with Gasteiger partial charge in [0.2, 0.25) is 0 Å². The number of aromatic nitrogens is 2. The van der Waals surface area contributed by atoms with E-state index in [4.69, 9.17) is 4.74 Å². The summed E-state index contributed by atoms with van der Waals surface area (Å²) in [5.74, 6) is 1.97. The lowest BCUT2D eigenvalue weighted by Crippen LogP contribution is -2.38. The van der Waals surface area contributed by atoms with Gasteiger partial charge in [-0.15, -0.1) is 0 Å². The van der Waals surface area contributed by atoms with Gasteiger partial charge in [0.15, 0.2) is 0 Å². The Morgan fingerprint density at radius 1 is 1.41 bits per heavy atom. The molecule has 1 saturated heterocycles. The molecule has 0 radical (unpaired) electrons. The highest BCUT2D eigenvalue weighted by atomic mass is 16.5. The second-order valence-electron chi connectivity index (χ2n) is 6.08. The molecule has 0 aliphatic carbocycles. The normalized spacial score (nSPS) is 21.8. The summed E-state index contributed by atoms with van der Waals surface area (Å²) in [5, 5.41) is 3.60. The van der Waals surface area contributed by atoms with Gasteiger partial charge in [0, 0.05) is 30.0 Å². The summed E-state index contributed by atoms with van der Waals surface area (Å²) >= 11 is 0. The molecule has 0 unspecified atom stereocenters. The van der Waals surface area contributed by atoms with Crippen molar-refractivity contribution in [3.63, 3.8) is 0 Å². The van der Waals surface area contributed by atoms with E-state index in [0.29, 0.717) is 12.1 Å². The highest BCUT2D eigenvalue weighted by Crippen LogP contribution is 2.31. The number of piperidine rings is 1. The smallest absolute Gasteiger partial charge is 0.140 e. The van der Waals surface area contributed by atoms with Crippen LogP contribution in [0.1, 0.15) is 37.8 Å². The summed E-state index contributed by atoms with van der Waals surface area (Å²) in [4.78, 5) is 4.63. The maximum atomic E-state index is 5.31. The van der Waals surface area contributed by atoms with Crippen molar-refractivity contribution in [1.82, 2.24) is 14.9 Å². The zero-order valence-electron chi connectivity index (χ0n) is 13.7. The molecule has 0 bridgehead atoms. The van der Waals surface area contributed by atoms with Gasteiger partial charge in [0.25, 0.3) is 0 Å². The number of imidazole rings is 1. The van der Waals surface area contributed by atoms with E-state index in [1.807, 2.05) is 12.3 Å². The van der Waals surface area contributed by atoms with Gasteiger partial charge in [0.05, 0.1) is 7.11 Å². The molecule has 0 spiro atoms. The van der Waals surface area contributed by atoms with Crippen LogP contribution in [0.3, 0.4) is 0 Å². The highest BCUT2D eigenvalue weighted by Gasteiger charge is 2.23. The van der Waals surface area contributed by atoms with Crippen LogP contribution in [0, 0.1) is 6.92 Å². The van der Waals surface area contributed by atoms with Gasteiger partial charge in [-0.25, -0.2) is 4.98 Å². The predicted octanol–water partition coefficient (Wildman–Crippen LogP) is 3.57. The Kier molecular flexibility index (Phi) is 4.48. The molecule has 2 atom stereocenters. The van der Waals surface area contributed by atoms with Gasteiger partial charge in [-0.2, -0.15) is 0 Å². The number of hydrogen-bond acceptors (Lipinski definition) is 3. The van der Waals surface area contributed by atoms with Crippen LogP contribution in [-0.4, -0.2) is 29.2 Å². The Morgan fingerprint density at radius 3 is 3.00 bits per heavy atom. The summed E-state index contributed by atoms with van der Waals surface area (Å²) in [7, 11) is 1.70. The molecule has 1 aromatic carbocycles. The lowest BCUT2D eigenvalue weighted by atomic mass is 9.97. The highest BCUT2D eigenvalue weighted by molar-refractivity contribution is 5.62. The van der Waals surface area contributed by atoms with Gasteiger partial charge < -0.3 is 14.6 Å². The number of rotatable bonds is 4. The van der Waals surface area contributed by atoms with Gasteiger partial charge in [-0.1, -0.05) is 6.92 Å². The Morgan fingerprint density at radius 2 is 2.27 bits per heavy atom. The van der Waals surface area contributed by atoms with Crippen LogP contribution >= 0.6 is 0 Å². The number of benzene rings is 1. The van der Waals surface area contributed by atoms with Crippen LogP contribution in [0.4, 0.5) is 0 Å². The first-order valence-electron chi connectivity index (χ1n) is 8.14. The minimum absolute atomic E-state index is 0.533. The number of nitrogens with one attached hydrogen (secondary N) is 1. The van der Waals surface area contributed by atoms with Crippen LogP contribution in [0.5, 0.6) is 5.75 Å². The molecule has 1 fully saturated rings. The van der Waals surface area contributed by atoms with Crippen molar-refractivity contribution in [1.29, 1.82) is 0 Å². The fourth-order valence-corrected chi connectivity index (χ4v) is 3.38. The fourth-order valence-electron chi connectivity index (χ4n) is 3.38. The van der Waals surface area contributed by atoms with Crippen LogP contribution in [0.15, 0.2) is 30.6 Å². The number of hydrogen-bond donors (Lipinski definition) is 1. The molecule has 118 valence electrons. The summed E-state index contributed by atoms with van der Waals surface area (Å²) in [5.41, 5.74) is 2.39. The molecule has 2 heterocycles. The second kappa shape index (κ2) is 6.53. The number of methoxy groups -OCH3 is 1. The minimum Gasteiger partial charge on any atom is -0.497 e. The Bertz CT molecular complexity index is 635. The lowest BCUT2D eigenvalue weighted by Gasteiger charge is -2.31. The fraction of sp³-hybridized carbons (Fsp3) is 0.500. The Labute approximate surface area is 132 Å². The number of ether oxygens (including phenoxy) is 1. The van der Waals surface area contributed by atoms with Crippen molar-refractivity contribution in [2.24, 2.45) is 0 Å². The summed E-state index contributed by atoms with van der Waals surface area (Å²) < 4.78 is 7.67. The van der Waals surface area contributed by atoms with E-state index in [1.165, 1.54) is 24.0 Å². The topological polar surface area (TPSA) is 39.1 Å². The Balaban J connectivity index is 1.92. The first kappa shape index (κ1) is 15.1. The monoisotopic (exact) mass is 299 g/mol. The maximum absolute atomic E-state index is 5.31. The van der Waals surface area contributed by atoms with Crippen molar-refractivity contribution in [3.05, 3.63) is 36.2 Å². The average molecular weight is 299 g/mol. The molecule has 0 amide bonds. The molecule has 2 aromatic rings. The third-order valence-electron chi connectivity index (χ3n) is 4.70. The average Bonchev–Trinajstić information content (AvgIpc) is 3.04. The summed E-state index contributed by atoms with van der Waals surface area (Å²) in [6.45, 7) is 5.46. The van der Waals surface area contributed by atoms with E-state index in [2.05, 4.69) is 47.0 Å². The van der Waals surface area contributed by atoms with E-state index in [0.717, 1.165) is 24.5 Å². The number of aryl methyl sites for hydroxylation is 1. The molecule has 3 rings (SSSR count). The zero-order valence-corrected chi connectivity index (χ0v) is 13.7. The van der Waals surface area contributed by atoms with E-state index < -0.39 is 0 Å². The van der Waals surface area contributed by atoms with Crippen molar-refractivity contribution < 1.29 is 4.74 Å². The molecular formula is C18H25N3O. The van der Waals surface area contributed by atoms with E-state index >= 15 is 0 Å². The van der Waals surface area contributed by atoms with Gasteiger partial charge in [0.1, 0.15) is 11.6 Å². The molecular weight excluding hydrogens is 274 g/mol. The van der Waals surface area contributed by atoms with Crippen molar-refractivity contribution in [2.75, 3.05) is 13.7 Å². The van der Waals surface area contributed by atoms with Crippen molar-refractivity contribution in [2.45, 2.75) is 45.2 Å². The van der Waals surface area contributed by atoms with E-state index in [-0.39, 0.29) is 0 Å². The quantitative estimate of drug-likeness (QED) is 0.938. The molecule has 0 saturated carbocycles. The van der Waals surface area contributed by atoms with Crippen LogP contribution in [-0.2, 0) is 0 Å². The minimum atomic E-state index is 0.533. The molecule has 1 aliphatic rings. The van der Waals surface area contributed by atoms with Crippen LogP contribution in [0.25, 0.3) is 11.4 Å². The summed E-state index contributed by atoms with van der Waals surface area (Å²) in [6, 6.07) is 7.35. The lowest BCUT2D eigenvalue weighted by molar-refractivity contribution is 0.297. The standard InChI is InChI=1S/C18H25N3O/c1-4-14-12-15(7-8-19-14)21-10-9-20-18(21)17-6-5-16(22-3)11-13(17)2/h5-6,9-11,14-15,19H,4,7-8,12H2,1-3H3/t14-,15-/m1/s1. The van der Waals surface area contributed by atoms with Gasteiger partial charge >= 0.3 is 0 Å². The molecule has 1 N–H and O–H groups in total. The number of nitrogens with zero attached hydrogens (tertiary/aromatic N) is 2. The third-order valence-corrected chi connectivity index (χ3v) is 4.70. The van der Waals surface area contributed by atoms with Crippen LogP contribution in [0.2, 0.25) is 0 Å². The van der Waals surface area contributed by atoms with Crippen molar-refractivity contribution >= 4 is 0 Å². The largest absolute Gasteiger partial charge is 0.497 e. The second-order valence-corrected chi connectivity index (χ2v) is 6.08. The molecule has 4 heteroatoms. The van der Waals surface area contributed by atoms with Gasteiger partial charge in [-0.3, -0.25) is 0 Å². The molecule has 1 aliphatic heterocycles. The third kappa shape index (κ3) is 2.88. The van der Waals surface area contributed by atoms with E-state index in [9.17, 15) is 0 Å². The molecule has 22 heavy (non-hydrogen) atoms. The predicted molar refractivity (Wildman–Crippen MR) is 89.3 cm³/mol. The first-order chi connectivity index (χ1) is 10.7. The first-order valence-corrected chi connectivity index (χ1v) is 8.14. The van der Waals surface area contributed by atoms with Gasteiger partial charge in [-0.05, 0) is 56.5 Å². The van der Waals surface area contributed by atoms with Crippen molar-refractivity contribution in [3.8, 4) is 17.1 Å².